The Kier molecular flexibility index (Phi) is 6.09. The summed E-state index contributed by atoms with van der Waals surface area (Å²) >= 11 is 0. The van der Waals surface area contributed by atoms with Crippen LogP contribution >= 0.6 is 0 Å². The van der Waals surface area contributed by atoms with Crippen LogP contribution in [0.25, 0.3) is 0 Å². The van der Waals surface area contributed by atoms with Gasteiger partial charge in [-0.05, 0) is 58.6 Å². The lowest BCUT2D eigenvalue weighted by molar-refractivity contribution is -0.121. The molecule has 2 rings (SSSR count). The first-order valence-electron chi connectivity index (χ1n) is 9.15. The van der Waals surface area contributed by atoms with E-state index in [1.807, 2.05) is 27.7 Å². The molecule has 1 aromatic carbocycles. The summed E-state index contributed by atoms with van der Waals surface area (Å²) in [4.78, 5) is 16.4. The standard InChI is InChI=1S/C20H32N4O/c1-6-21-18(22-13-17(25)24-19(3,4)5)23-14-20(11-12-20)16-10-8-7-9-15(16)2/h7-10H,6,11-14H2,1-5H3,(H,24,25)(H2,21,22,23). The number of aryl methyl sites for hydroxylation is 1. The molecule has 0 aliphatic heterocycles. The van der Waals surface area contributed by atoms with Crippen LogP contribution in [0.4, 0.5) is 0 Å². The zero-order chi connectivity index (χ0) is 18.5. The Morgan fingerprint density at radius 2 is 1.88 bits per heavy atom. The van der Waals surface area contributed by atoms with Gasteiger partial charge in [0.15, 0.2) is 5.96 Å². The van der Waals surface area contributed by atoms with Crippen LogP contribution in [0, 0.1) is 6.92 Å². The maximum Gasteiger partial charge on any atom is 0.242 e. The zero-order valence-electron chi connectivity index (χ0n) is 16.2. The van der Waals surface area contributed by atoms with E-state index in [1.54, 1.807) is 0 Å². The van der Waals surface area contributed by atoms with Gasteiger partial charge in [-0.2, -0.15) is 0 Å². The van der Waals surface area contributed by atoms with Crippen molar-refractivity contribution in [3.63, 3.8) is 0 Å². The Morgan fingerprint density at radius 1 is 1.20 bits per heavy atom. The van der Waals surface area contributed by atoms with E-state index in [-0.39, 0.29) is 23.4 Å². The molecule has 0 unspecified atom stereocenters. The fourth-order valence-electron chi connectivity index (χ4n) is 3.06. The van der Waals surface area contributed by atoms with Crippen molar-refractivity contribution >= 4 is 11.9 Å². The first kappa shape index (κ1) is 19.3. The minimum Gasteiger partial charge on any atom is -0.357 e. The number of aliphatic imine (C=N–C) groups is 1. The van der Waals surface area contributed by atoms with Gasteiger partial charge in [0, 0.05) is 24.0 Å². The Balaban J connectivity index is 1.97. The van der Waals surface area contributed by atoms with Gasteiger partial charge in [-0.15, -0.1) is 0 Å². The Bertz CT molecular complexity index is 627. The highest BCUT2D eigenvalue weighted by Crippen LogP contribution is 2.48. The molecule has 3 N–H and O–H groups in total. The zero-order valence-corrected chi connectivity index (χ0v) is 16.2. The van der Waals surface area contributed by atoms with Crippen molar-refractivity contribution in [1.82, 2.24) is 16.0 Å². The maximum atomic E-state index is 12.0. The van der Waals surface area contributed by atoms with Crippen LogP contribution in [0.3, 0.4) is 0 Å². The van der Waals surface area contributed by atoms with E-state index in [4.69, 9.17) is 0 Å². The Morgan fingerprint density at radius 3 is 2.44 bits per heavy atom. The third kappa shape index (κ3) is 5.76. The van der Waals surface area contributed by atoms with E-state index in [2.05, 4.69) is 52.1 Å². The molecule has 0 heterocycles. The van der Waals surface area contributed by atoms with Crippen molar-refractivity contribution in [2.45, 2.75) is 58.4 Å². The predicted molar refractivity (Wildman–Crippen MR) is 104 cm³/mol. The molecule has 1 aliphatic carbocycles. The van der Waals surface area contributed by atoms with Crippen molar-refractivity contribution in [3.8, 4) is 0 Å². The lowest BCUT2D eigenvalue weighted by Crippen LogP contribution is -2.44. The van der Waals surface area contributed by atoms with Gasteiger partial charge >= 0.3 is 0 Å². The highest BCUT2D eigenvalue weighted by molar-refractivity contribution is 5.85. The number of nitrogens with zero attached hydrogens (tertiary/aromatic N) is 1. The summed E-state index contributed by atoms with van der Waals surface area (Å²) in [5.41, 5.74) is 2.73. The smallest absolute Gasteiger partial charge is 0.242 e. The lowest BCUT2D eigenvalue weighted by Gasteiger charge is -2.21. The molecule has 1 saturated carbocycles. The van der Waals surface area contributed by atoms with Gasteiger partial charge in [0.05, 0.1) is 0 Å². The molecular weight excluding hydrogens is 312 g/mol. The van der Waals surface area contributed by atoms with Gasteiger partial charge in [-0.25, -0.2) is 4.99 Å². The van der Waals surface area contributed by atoms with Gasteiger partial charge in [0.25, 0.3) is 0 Å². The fraction of sp³-hybridized carbons (Fsp3) is 0.600. The summed E-state index contributed by atoms with van der Waals surface area (Å²) < 4.78 is 0. The van der Waals surface area contributed by atoms with Crippen molar-refractivity contribution in [2.75, 3.05) is 19.6 Å². The van der Waals surface area contributed by atoms with E-state index in [0.29, 0.717) is 5.96 Å². The van der Waals surface area contributed by atoms with Crippen LogP contribution in [-0.4, -0.2) is 37.0 Å². The van der Waals surface area contributed by atoms with Crippen molar-refractivity contribution in [1.29, 1.82) is 0 Å². The average molecular weight is 345 g/mol. The molecule has 1 amide bonds. The van der Waals surface area contributed by atoms with Crippen LogP contribution in [0.2, 0.25) is 0 Å². The number of benzene rings is 1. The van der Waals surface area contributed by atoms with Crippen molar-refractivity contribution in [3.05, 3.63) is 35.4 Å². The minimum absolute atomic E-state index is 0.0651. The largest absolute Gasteiger partial charge is 0.357 e. The average Bonchev–Trinajstić information content (AvgIpc) is 3.30. The Labute approximate surface area is 151 Å². The molecule has 0 bridgehead atoms. The molecule has 0 radical (unpaired) electrons. The quantitative estimate of drug-likeness (QED) is 0.549. The van der Waals surface area contributed by atoms with E-state index < -0.39 is 0 Å². The molecule has 0 aromatic heterocycles. The topological polar surface area (TPSA) is 65.5 Å². The van der Waals surface area contributed by atoms with Crippen LogP contribution in [-0.2, 0) is 10.2 Å². The molecule has 1 aromatic rings. The van der Waals surface area contributed by atoms with Crippen LogP contribution in [0.15, 0.2) is 29.3 Å². The monoisotopic (exact) mass is 344 g/mol. The number of amides is 1. The lowest BCUT2D eigenvalue weighted by atomic mass is 9.92. The summed E-state index contributed by atoms with van der Waals surface area (Å²) in [6.07, 6.45) is 2.38. The predicted octanol–water partition coefficient (Wildman–Crippen LogP) is 2.50. The highest BCUT2D eigenvalue weighted by atomic mass is 16.2. The van der Waals surface area contributed by atoms with E-state index in [9.17, 15) is 4.79 Å². The first-order chi connectivity index (χ1) is 11.8. The van der Waals surface area contributed by atoms with Gasteiger partial charge in [0.2, 0.25) is 5.91 Å². The second kappa shape index (κ2) is 7.89. The van der Waals surface area contributed by atoms with Gasteiger partial charge in [0.1, 0.15) is 6.54 Å². The second-order valence-electron chi connectivity index (χ2n) is 7.94. The summed E-state index contributed by atoms with van der Waals surface area (Å²) in [6.45, 7) is 11.8. The fourth-order valence-corrected chi connectivity index (χ4v) is 3.06. The van der Waals surface area contributed by atoms with E-state index in [0.717, 1.165) is 13.1 Å². The number of carbonyl (C=O) groups excluding carboxylic acids is 1. The summed E-state index contributed by atoms with van der Waals surface area (Å²) in [6, 6.07) is 8.59. The van der Waals surface area contributed by atoms with Crippen LogP contribution < -0.4 is 16.0 Å². The second-order valence-corrected chi connectivity index (χ2v) is 7.94. The molecule has 138 valence electrons. The minimum atomic E-state index is -0.235. The molecule has 1 aliphatic rings. The number of hydrogen-bond donors (Lipinski definition) is 3. The number of guanidine groups is 1. The molecular formula is C20H32N4O. The van der Waals surface area contributed by atoms with Gasteiger partial charge in [-0.3, -0.25) is 4.79 Å². The molecule has 1 fully saturated rings. The van der Waals surface area contributed by atoms with Crippen LogP contribution in [0.5, 0.6) is 0 Å². The molecule has 0 saturated heterocycles. The number of hydrogen-bond acceptors (Lipinski definition) is 2. The van der Waals surface area contributed by atoms with E-state index >= 15 is 0 Å². The summed E-state index contributed by atoms with van der Waals surface area (Å²) in [5.74, 6) is 0.635. The highest BCUT2D eigenvalue weighted by Gasteiger charge is 2.44. The first-order valence-corrected chi connectivity index (χ1v) is 9.15. The SMILES string of the molecule is CCNC(=NCC(=O)NC(C)(C)C)NCC1(c2ccccc2C)CC1. The van der Waals surface area contributed by atoms with Crippen molar-refractivity contribution in [2.24, 2.45) is 4.99 Å². The van der Waals surface area contributed by atoms with Crippen molar-refractivity contribution < 1.29 is 4.79 Å². The molecule has 5 nitrogen and oxygen atoms in total. The molecule has 5 heteroatoms. The number of nitrogens with one attached hydrogen (secondary N) is 3. The molecule has 0 atom stereocenters. The Hall–Kier alpha value is -2.04. The van der Waals surface area contributed by atoms with Gasteiger partial charge in [-0.1, -0.05) is 24.3 Å². The van der Waals surface area contributed by atoms with Crippen LogP contribution in [0.1, 0.15) is 51.7 Å². The third-order valence-corrected chi connectivity index (χ3v) is 4.40. The maximum absolute atomic E-state index is 12.0. The van der Waals surface area contributed by atoms with Gasteiger partial charge < -0.3 is 16.0 Å². The normalized spacial score (nSPS) is 16.3. The number of rotatable bonds is 6. The molecule has 0 spiro atoms. The number of carbonyl (C=O) groups is 1. The summed E-state index contributed by atoms with van der Waals surface area (Å²) in [7, 11) is 0. The summed E-state index contributed by atoms with van der Waals surface area (Å²) in [5, 5.41) is 9.59. The molecule has 25 heavy (non-hydrogen) atoms. The third-order valence-electron chi connectivity index (χ3n) is 4.40. The van der Waals surface area contributed by atoms with E-state index in [1.165, 1.54) is 24.0 Å².